The Morgan fingerprint density at radius 3 is 2.68 bits per heavy atom. The van der Waals surface area contributed by atoms with Crippen molar-refractivity contribution in [1.29, 1.82) is 0 Å². The molecule has 0 unspecified atom stereocenters. The molecule has 1 aliphatic rings. The summed E-state index contributed by atoms with van der Waals surface area (Å²) in [5, 5.41) is 6.53. The zero-order valence-corrected chi connectivity index (χ0v) is 21.3. The van der Waals surface area contributed by atoms with Gasteiger partial charge < -0.3 is 24.5 Å². The standard InChI is InChI=1S/C28H28FN5O4/c1-34-10-4-6-18(34)13-20(29)28(35)33-23-14-19-21(15-26(23)37-3)30-16-31-27(19)32-22-12-17(8-9-25(22)36-2)24-7-5-11-38-24/h5,7-9,11-16,18H,4,6,10H2,1-3H3,(H,33,35)(H,30,31,32)/b20-13+/t18-/m1/s1. The maximum Gasteiger partial charge on any atom is 0.284 e. The van der Waals surface area contributed by atoms with Gasteiger partial charge in [0, 0.05) is 23.1 Å². The van der Waals surface area contributed by atoms with E-state index in [0.717, 1.165) is 24.9 Å². The summed E-state index contributed by atoms with van der Waals surface area (Å²) >= 11 is 0. The number of carbonyl (C=O) groups excluding carboxylic acids is 1. The topological polar surface area (TPSA) is 102 Å². The molecule has 0 saturated carbocycles. The Morgan fingerprint density at radius 2 is 1.97 bits per heavy atom. The van der Waals surface area contributed by atoms with Gasteiger partial charge in [0.1, 0.15) is 29.4 Å². The van der Waals surface area contributed by atoms with Crippen molar-refractivity contribution in [3.63, 3.8) is 0 Å². The van der Waals surface area contributed by atoms with Crippen molar-refractivity contribution in [2.45, 2.75) is 18.9 Å². The zero-order chi connectivity index (χ0) is 26.6. The summed E-state index contributed by atoms with van der Waals surface area (Å²) in [4.78, 5) is 23.5. The van der Waals surface area contributed by atoms with E-state index in [4.69, 9.17) is 13.9 Å². The van der Waals surface area contributed by atoms with Gasteiger partial charge in [0.2, 0.25) is 0 Å². The normalized spacial score (nSPS) is 16.0. The van der Waals surface area contributed by atoms with Gasteiger partial charge in [-0.15, -0.1) is 0 Å². The van der Waals surface area contributed by atoms with Crippen LogP contribution in [0.3, 0.4) is 0 Å². The number of likely N-dealkylation sites (tertiary alicyclic amines) is 1. The predicted octanol–water partition coefficient (Wildman–Crippen LogP) is 5.54. The van der Waals surface area contributed by atoms with E-state index >= 15 is 0 Å². The van der Waals surface area contributed by atoms with Crippen LogP contribution < -0.4 is 20.1 Å². The van der Waals surface area contributed by atoms with Crippen LogP contribution in [0.15, 0.2) is 71.4 Å². The molecular formula is C28H28FN5O4. The number of carbonyl (C=O) groups is 1. The van der Waals surface area contributed by atoms with Crippen molar-refractivity contribution in [1.82, 2.24) is 14.9 Å². The van der Waals surface area contributed by atoms with Crippen LogP contribution in [0.5, 0.6) is 11.5 Å². The lowest BCUT2D eigenvalue weighted by Gasteiger charge is -2.16. The van der Waals surface area contributed by atoms with Gasteiger partial charge in [-0.25, -0.2) is 14.4 Å². The molecule has 4 aromatic rings. The molecule has 38 heavy (non-hydrogen) atoms. The number of benzene rings is 2. The number of methoxy groups -OCH3 is 2. The van der Waals surface area contributed by atoms with Crippen molar-refractivity contribution >= 4 is 34.0 Å². The minimum absolute atomic E-state index is 0.102. The van der Waals surface area contributed by atoms with E-state index in [2.05, 4.69) is 20.6 Å². The summed E-state index contributed by atoms with van der Waals surface area (Å²) in [6, 6.07) is 12.5. The number of ether oxygens (including phenoxy) is 2. The van der Waals surface area contributed by atoms with Crippen molar-refractivity contribution in [2.24, 2.45) is 0 Å². The van der Waals surface area contributed by atoms with Gasteiger partial charge in [-0.05, 0) is 68.9 Å². The fraction of sp³-hybridized carbons (Fsp3) is 0.250. The molecule has 9 nitrogen and oxygen atoms in total. The van der Waals surface area contributed by atoms with Crippen LogP contribution >= 0.6 is 0 Å². The van der Waals surface area contributed by atoms with Gasteiger partial charge in [-0.2, -0.15) is 0 Å². The number of anilines is 3. The number of nitrogens with one attached hydrogen (secondary N) is 2. The van der Waals surface area contributed by atoms with Crippen molar-refractivity contribution < 1.29 is 23.1 Å². The van der Waals surface area contributed by atoms with Crippen LogP contribution in [0, 0.1) is 0 Å². The maximum atomic E-state index is 14.8. The van der Waals surface area contributed by atoms with Gasteiger partial charge in [-0.1, -0.05) is 0 Å². The van der Waals surface area contributed by atoms with Crippen LogP contribution in [-0.2, 0) is 4.79 Å². The molecule has 0 aliphatic carbocycles. The highest BCUT2D eigenvalue weighted by molar-refractivity contribution is 6.05. The Labute approximate surface area is 219 Å². The summed E-state index contributed by atoms with van der Waals surface area (Å²) in [6.07, 6.45) is 6.18. The van der Waals surface area contributed by atoms with Crippen molar-refractivity contribution in [3.05, 3.63) is 67.0 Å². The molecule has 1 atom stereocenters. The van der Waals surface area contributed by atoms with E-state index in [-0.39, 0.29) is 6.04 Å². The number of rotatable bonds is 8. The minimum atomic E-state index is -0.845. The van der Waals surface area contributed by atoms with Crippen LogP contribution in [0.25, 0.3) is 22.2 Å². The van der Waals surface area contributed by atoms with E-state index in [1.54, 1.807) is 25.5 Å². The Hall–Kier alpha value is -4.44. The first-order valence-corrected chi connectivity index (χ1v) is 12.2. The Bertz CT molecular complexity index is 1490. The number of amides is 1. The van der Waals surface area contributed by atoms with Crippen LogP contribution in [0.1, 0.15) is 12.8 Å². The highest BCUT2D eigenvalue weighted by Gasteiger charge is 2.22. The number of likely N-dealkylation sites (N-methyl/N-ethyl adjacent to an activating group) is 1. The first kappa shape index (κ1) is 25.2. The van der Waals surface area contributed by atoms with Gasteiger partial charge in [0.05, 0.1) is 37.4 Å². The Morgan fingerprint density at radius 1 is 1.13 bits per heavy atom. The number of halogens is 1. The van der Waals surface area contributed by atoms with Gasteiger partial charge in [0.15, 0.2) is 5.83 Å². The third kappa shape index (κ3) is 5.16. The molecule has 2 aromatic heterocycles. The SMILES string of the molecule is COc1cc2ncnc(Nc3cc(-c4ccco4)ccc3OC)c2cc1NC(=O)/C(F)=C\[C@H]1CCCN1C. The molecule has 1 saturated heterocycles. The number of furan rings is 1. The van der Waals surface area contributed by atoms with Crippen LogP contribution in [0.4, 0.5) is 21.6 Å². The van der Waals surface area contributed by atoms with E-state index in [1.807, 2.05) is 42.3 Å². The second-order valence-corrected chi connectivity index (χ2v) is 8.97. The molecular weight excluding hydrogens is 489 g/mol. The number of fused-ring (bicyclic) bond motifs is 1. The minimum Gasteiger partial charge on any atom is -0.495 e. The number of aromatic nitrogens is 2. The van der Waals surface area contributed by atoms with Crippen molar-refractivity contribution in [3.8, 4) is 22.8 Å². The summed E-state index contributed by atoms with van der Waals surface area (Å²) in [7, 11) is 4.97. The lowest BCUT2D eigenvalue weighted by molar-refractivity contribution is -0.114. The molecule has 10 heteroatoms. The molecule has 3 heterocycles. The zero-order valence-electron chi connectivity index (χ0n) is 21.3. The quantitative estimate of drug-likeness (QED) is 0.294. The van der Waals surface area contributed by atoms with Gasteiger partial charge in [-0.3, -0.25) is 9.69 Å². The number of nitrogens with zero attached hydrogens (tertiary/aromatic N) is 3. The summed E-state index contributed by atoms with van der Waals surface area (Å²) < 4.78 is 31.3. The average Bonchev–Trinajstić information content (AvgIpc) is 3.61. The summed E-state index contributed by atoms with van der Waals surface area (Å²) in [5.74, 6) is 0.426. The summed E-state index contributed by atoms with van der Waals surface area (Å²) in [5.41, 5.74) is 2.36. The highest BCUT2D eigenvalue weighted by atomic mass is 19.1. The fourth-order valence-electron chi connectivity index (χ4n) is 4.55. The molecule has 0 bridgehead atoms. The van der Waals surface area contributed by atoms with E-state index in [0.29, 0.717) is 45.4 Å². The van der Waals surface area contributed by atoms with E-state index in [1.165, 1.54) is 19.5 Å². The largest absolute Gasteiger partial charge is 0.495 e. The second-order valence-electron chi connectivity index (χ2n) is 8.97. The molecule has 0 spiro atoms. The molecule has 1 aliphatic heterocycles. The first-order chi connectivity index (χ1) is 18.5. The molecule has 196 valence electrons. The molecule has 2 N–H and O–H groups in total. The maximum absolute atomic E-state index is 14.8. The van der Waals surface area contributed by atoms with Crippen LogP contribution in [-0.4, -0.2) is 54.6 Å². The monoisotopic (exact) mass is 517 g/mol. The van der Waals surface area contributed by atoms with E-state index in [9.17, 15) is 9.18 Å². The van der Waals surface area contributed by atoms with Gasteiger partial charge >= 0.3 is 0 Å². The highest BCUT2D eigenvalue weighted by Crippen LogP contribution is 2.37. The summed E-state index contributed by atoms with van der Waals surface area (Å²) in [6.45, 7) is 0.875. The molecule has 2 aromatic carbocycles. The third-order valence-corrected chi connectivity index (χ3v) is 6.60. The first-order valence-electron chi connectivity index (χ1n) is 12.2. The molecule has 1 fully saturated rings. The molecule has 0 radical (unpaired) electrons. The predicted molar refractivity (Wildman–Crippen MR) is 144 cm³/mol. The molecule has 1 amide bonds. The number of hydrogen-bond donors (Lipinski definition) is 2. The average molecular weight is 518 g/mol. The van der Waals surface area contributed by atoms with Gasteiger partial charge in [0.25, 0.3) is 5.91 Å². The Kier molecular flexibility index (Phi) is 7.23. The van der Waals surface area contributed by atoms with Crippen LogP contribution in [0.2, 0.25) is 0 Å². The number of hydrogen-bond acceptors (Lipinski definition) is 8. The lowest BCUT2D eigenvalue weighted by atomic mass is 10.1. The lowest BCUT2D eigenvalue weighted by Crippen LogP contribution is -2.24. The smallest absolute Gasteiger partial charge is 0.284 e. The third-order valence-electron chi connectivity index (χ3n) is 6.60. The second kappa shape index (κ2) is 10.9. The Balaban J connectivity index is 1.48. The fourth-order valence-corrected chi connectivity index (χ4v) is 4.55. The van der Waals surface area contributed by atoms with E-state index < -0.39 is 11.7 Å². The molecule has 5 rings (SSSR count). The van der Waals surface area contributed by atoms with Crippen molar-refractivity contribution in [2.75, 3.05) is 38.4 Å².